The van der Waals surface area contributed by atoms with Gasteiger partial charge in [0.05, 0.1) is 13.2 Å². The van der Waals surface area contributed by atoms with E-state index in [1.807, 2.05) is 32.0 Å². The summed E-state index contributed by atoms with van der Waals surface area (Å²) in [4.78, 5) is 11.8. The van der Waals surface area contributed by atoms with Crippen LogP contribution in [-0.4, -0.2) is 31.7 Å². The zero-order valence-electron chi connectivity index (χ0n) is 9.66. The summed E-state index contributed by atoms with van der Waals surface area (Å²) in [5, 5.41) is 0. The van der Waals surface area contributed by atoms with Gasteiger partial charge in [0.1, 0.15) is 12.7 Å². The maximum atomic E-state index is 11.8. The number of Topliss-reactive ketones (excluding diaryl/α,β-unsaturated/α-hetero) is 1. The van der Waals surface area contributed by atoms with Gasteiger partial charge in [0.25, 0.3) is 0 Å². The Hall–Kier alpha value is -1.19. The minimum absolute atomic E-state index is 0.0370. The number of benzene rings is 1. The maximum Gasteiger partial charge on any atom is 0.188 e. The van der Waals surface area contributed by atoms with Crippen molar-refractivity contribution in [3.8, 4) is 0 Å². The van der Waals surface area contributed by atoms with Crippen LogP contribution in [0.5, 0.6) is 0 Å². The van der Waals surface area contributed by atoms with Crippen molar-refractivity contribution < 1.29 is 14.3 Å². The molecule has 1 aromatic carbocycles. The maximum absolute atomic E-state index is 11.8. The summed E-state index contributed by atoms with van der Waals surface area (Å²) in [6, 6.07) is 5.73. The van der Waals surface area contributed by atoms with E-state index in [4.69, 9.17) is 9.47 Å². The predicted molar refractivity (Wildman–Crippen MR) is 60.8 cm³/mol. The SMILES string of the molecule is Cc1ccc(C(=O)COC2COC2)cc1C. The number of hydrogen-bond acceptors (Lipinski definition) is 3. The summed E-state index contributed by atoms with van der Waals surface area (Å²) < 4.78 is 10.4. The van der Waals surface area contributed by atoms with Gasteiger partial charge in [-0.2, -0.15) is 0 Å². The number of ether oxygens (including phenoxy) is 2. The molecule has 0 amide bonds. The largest absolute Gasteiger partial charge is 0.376 e. The second-order valence-electron chi connectivity index (χ2n) is 4.19. The predicted octanol–water partition coefficient (Wildman–Crippen LogP) is 1.90. The molecule has 0 N–H and O–H groups in total. The van der Waals surface area contributed by atoms with Crippen LogP contribution in [0.25, 0.3) is 0 Å². The highest BCUT2D eigenvalue weighted by molar-refractivity contribution is 5.97. The van der Waals surface area contributed by atoms with E-state index in [2.05, 4.69) is 0 Å². The summed E-state index contributed by atoms with van der Waals surface area (Å²) in [6.45, 7) is 5.41. The molecule has 3 heteroatoms. The van der Waals surface area contributed by atoms with Crippen LogP contribution in [0.4, 0.5) is 0 Å². The standard InChI is InChI=1S/C13H16O3/c1-9-3-4-11(5-10(9)2)13(14)8-16-12-6-15-7-12/h3-5,12H,6-8H2,1-2H3. The molecule has 2 rings (SSSR count). The number of carbonyl (C=O) groups is 1. The third-order valence-electron chi connectivity index (χ3n) is 2.89. The Morgan fingerprint density at radius 2 is 2.12 bits per heavy atom. The number of rotatable bonds is 4. The Bertz CT molecular complexity index is 394. The van der Waals surface area contributed by atoms with Gasteiger partial charge in [-0.05, 0) is 31.0 Å². The Labute approximate surface area is 95.4 Å². The monoisotopic (exact) mass is 220 g/mol. The van der Waals surface area contributed by atoms with Crippen molar-refractivity contribution in [1.82, 2.24) is 0 Å². The lowest BCUT2D eigenvalue weighted by Crippen LogP contribution is -2.37. The van der Waals surface area contributed by atoms with Crippen LogP contribution < -0.4 is 0 Å². The molecule has 16 heavy (non-hydrogen) atoms. The zero-order valence-corrected chi connectivity index (χ0v) is 9.66. The van der Waals surface area contributed by atoms with Gasteiger partial charge >= 0.3 is 0 Å². The van der Waals surface area contributed by atoms with Gasteiger partial charge in [-0.3, -0.25) is 4.79 Å². The van der Waals surface area contributed by atoms with E-state index in [1.165, 1.54) is 5.56 Å². The van der Waals surface area contributed by atoms with E-state index < -0.39 is 0 Å². The molecule has 1 saturated heterocycles. The first-order chi connectivity index (χ1) is 7.66. The van der Waals surface area contributed by atoms with Gasteiger partial charge in [0.15, 0.2) is 5.78 Å². The highest BCUT2D eigenvalue weighted by Crippen LogP contribution is 2.12. The molecule has 1 aromatic rings. The molecule has 0 unspecified atom stereocenters. The van der Waals surface area contributed by atoms with Crippen LogP contribution in [-0.2, 0) is 9.47 Å². The van der Waals surface area contributed by atoms with Crippen molar-refractivity contribution in [2.45, 2.75) is 20.0 Å². The fourth-order valence-electron chi connectivity index (χ4n) is 1.50. The lowest BCUT2D eigenvalue weighted by atomic mass is 10.0. The smallest absolute Gasteiger partial charge is 0.188 e. The van der Waals surface area contributed by atoms with Gasteiger partial charge in [-0.25, -0.2) is 0 Å². The van der Waals surface area contributed by atoms with Crippen LogP contribution in [0, 0.1) is 13.8 Å². The first-order valence-electron chi connectivity index (χ1n) is 5.46. The van der Waals surface area contributed by atoms with Gasteiger partial charge in [0.2, 0.25) is 0 Å². The van der Waals surface area contributed by atoms with Crippen LogP contribution in [0.2, 0.25) is 0 Å². The van der Waals surface area contributed by atoms with Gasteiger partial charge in [-0.1, -0.05) is 12.1 Å². The third kappa shape index (κ3) is 2.49. The number of carbonyl (C=O) groups excluding carboxylic acids is 1. The molecule has 0 spiro atoms. The van der Waals surface area contributed by atoms with Gasteiger partial charge in [-0.15, -0.1) is 0 Å². The van der Waals surface area contributed by atoms with E-state index in [1.54, 1.807) is 0 Å². The second-order valence-corrected chi connectivity index (χ2v) is 4.19. The number of hydrogen-bond donors (Lipinski definition) is 0. The van der Waals surface area contributed by atoms with Crippen molar-refractivity contribution in [3.63, 3.8) is 0 Å². The normalized spacial score (nSPS) is 15.9. The molecule has 0 saturated carbocycles. The van der Waals surface area contributed by atoms with Gasteiger partial charge < -0.3 is 9.47 Å². The molecular formula is C13H16O3. The summed E-state index contributed by atoms with van der Waals surface area (Å²) in [5.74, 6) is 0.0370. The third-order valence-corrected chi connectivity index (χ3v) is 2.89. The van der Waals surface area contributed by atoms with Crippen molar-refractivity contribution in [3.05, 3.63) is 34.9 Å². The molecule has 0 bridgehead atoms. The van der Waals surface area contributed by atoms with E-state index in [0.29, 0.717) is 13.2 Å². The molecule has 0 radical (unpaired) electrons. The Morgan fingerprint density at radius 3 is 2.69 bits per heavy atom. The van der Waals surface area contributed by atoms with Crippen LogP contribution >= 0.6 is 0 Å². The van der Waals surface area contributed by atoms with E-state index in [9.17, 15) is 4.79 Å². The van der Waals surface area contributed by atoms with Crippen molar-refractivity contribution in [2.75, 3.05) is 19.8 Å². The molecule has 1 aliphatic heterocycles. The average Bonchev–Trinajstić information content (AvgIpc) is 2.19. The first-order valence-corrected chi connectivity index (χ1v) is 5.46. The average molecular weight is 220 g/mol. The molecule has 1 heterocycles. The Balaban J connectivity index is 1.94. The van der Waals surface area contributed by atoms with Crippen LogP contribution in [0.15, 0.2) is 18.2 Å². The van der Waals surface area contributed by atoms with Crippen LogP contribution in [0.3, 0.4) is 0 Å². The highest BCUT2D eigenvalue weighted by Gasteiger charge is 2.20. The van der Waals surface area contributed by atoms with Crippen molar-refractivity contribution >= 4 is 5.78 Å². The van der Waals surface area contributed by atoms with E-state index >= 15 is 0 Å². The Morgan fingerprint density at radius 1 is 1.38 bits per heavy atom. The molecule has 0 aromatic heterocycles. The topological polar surface area (TPSA) is 35.5 Å². The summed E-state index contributed by atoms with van der Waals surface area (Å²) in [7, 11) is 0. The molecular weight excluding hydrogens is 204 g/mol. The van der Waals surface area contributed by atoms with E-state index in [0.717, 1.165) is 11.1 Å². The minimum atomic E-state index is 0.0370. The number of aryl methyl sites for hydroxylation is 2. The molecule has 1 fully saturated rings. The fourth-order valence-corrected chi connectivity index (χ4v) is 1.50. The first kappa shape index (κ1) is 11.3. The van der Waals surface area contributed by atoms with E-state index in [-0.39, 0.29) is 18.5 Å². The lowest BCUT2D eigenvalue weighted by Gasteiger charge is -2.25. The summed E-state index contributed by atoms with van der Waals surface area (Å²) >= 11 is 0. The molecule has 1 aliphatic rings. The Kier molecular flexibility index (Phi) is 3.36. The summed E-state index contributed by atoms with van der Waals surface area (Å²) in [6.07, 6.45) is 0.107. The summed E-state index contributed by atoms with van der Waals surface area (Å²) in [5.41, 5.74) is 3.06. The highest BCUT2D eigenvalue weighted by atomic mass is 16.6. The molecule has 0 atom stereocenters. The van der Waals surface area contributed by atoms with Crippen molar-refractivity contribution in [1.29, 1.82) is 0 Å². The minimum Gasteiger partial charge on any atom is -0.376 e. The molecule has 3 nitrogen and oxygen atoms in total. The van der Waals surface area contributed by atoms with Crippen molar-refractivity contribution in [2.24, 2.45) is 0 Å². The molecule has 0 aliphatic carbocycles. The number of ketones is 1. The van der Waals surface area contributed by atoms with Crippen LogP contribution in [0.1, 0.15) is 21.5 Å². The fraction of sp³-hybridized carbons (Fsp3) is 0.462. The van der Waals surface area contributed by atoms with Gasteiger partial charge in [0, 0.05) is 5.56 Å². The quantitative estimate of drug-likeness (QED) is 0.727. The zero-order chi connectivity index (χ0) is 11.5. The molecule has 86 valence electrons. The second kappa shape index (κ2) is 4.76. The lowest BCUT2D eigenvalue weighted by molar-refractivity contribution is -0.123.